The summed E-state index contributed by atoms with van der Waals surface area (Å²) in [5.41, 5.74) is 0.425. The van der Waals surface area contributed by atoms with Gasteiger partial charge in [-0.05, 0) is 12.5 Å². The highest BCUT2D eigenvalue weighted by molar-refractivity contribution is 5.94. The van der Waals surface area contributed by atoms with Crippen LogP contribution in [0.1, 0.15) is 30.1 Å². The van der Waals surface area contributed by atoms with Gasteiger partial charge in [0.1, 0.15) is 5.75 Å². The van der Waals surface area contributed by atoms with Crippen LogP contribution in [0, 0.1) is 0 Å². The van der Waals surface area contributed by atoms with E-state index in [4.69, 9.17) is 0 Å². The average Bonchev–Trinajstić information content (AvgIpc) is 2.24. The molecular weight excluding hydrogens is 192 g/mol. The molecule has 82 valence electrons. The van der Waals surface area contributed by atoms with E-state index in [9.17, 15) is 9.90 Å². The van der Waals surface area contributed by atoms with Crippen LogP contribution in [0.5, 0.6) is 5.75 Å². The Labute approximate surface area is 89.6 Å². The lowest BCUT2D eigenvalue weighted by atomic mass is 10.2. The number of aromatic hydroxyl groups is 1. The summed E-state index contributed by atoms with van der Waals surface area (Å²) >= 11 is 0. The number of nitrogens with zero attached hydrogens (tertiary/aromatic N) is 2. The highest BCUT2D eigenvalue weighted by atomic mass is 16.3. The zero-order valence-corrected chi connectivity index (χ0v) is 9.10. The molecule has 0 saturated heterocycles. The predicted molar refractivity (Wildman–Crippen MR) is 57.8 cm³/mol. The van der Waals surface area contributed by atoms with Crippen LogP contribution >= 0.6 is 0 Å². The molecule has 4 nitrogen and oxygen atoms in total. The standard InChI is InChI=1S/C11H16N2O2/c1-3-4-5-13(2)11(15)9-6-10(14)8-12-7-9/h6-8,14H,3-5H2,1-2H3. The summed E-state index contributed by atoms with van der Waals surface area (Å²) in [6, 6.07) is 1.43. The Morgan fingerprint density at radius 2 is 2.27 bits per heavy atom. The number of unbranched alkanes of at least 4 members (excludes halogenated alkanes) is 1. The zero-order chi connectivity index (χ0) is 11.3. The minimum atomic E-state index is -0.105. The molecule has 1 rings (SSSR count). The first-order chi connectivity index (χ1) is 7.15. The maximum absolute atomic E-state index is 11.8. The van der Waals surface area contributed by atoms with Gasteiger partial charge in [0.05, 0.1) is 11.8 Å². The van der Waals surface area contributed by atoms with Crippen molar-refractivity contribution in [1.82, 2.24) is 9.88 Å². The van der Waals surface area contributed by atoms with Crippen LogP contribution in [0.4, 0.5) is 0 Å². The van der Waals surface area contributed by atoms with Crippen LogP contribution in [0.25, 0.3) is 0 Å². The quantitative estimate of drug-likeness (QED) is 0.818. The lowest BCUT2D eigenvalue weighted by Gasteiger charge is -2.16. The van der Waals surface area contributed by atoms with Crippen molar-refractivity contribution in [2.45, 2.75) is 19.8 Å². The number of hydrogen-bond acceptors (Lipinski definition) is 3. The lowest BCUT2D eigenvalue weighted by molar-refractivity contribution is 0.0792. The fourth-order valence-electron chi connectivity index (χ4n) is 1.26. The number of pyridine rings is 1. The molecule has 0 bridgehead atoms. The van der Waals surface area contributed by atoms with E-state index < -0.39 is 0 Å². The van der Waals surface area contributed by atoms with Crippen molar-refractivity contribution in [1.29, 1.82) is 0 Å². The van der Waals surface area contributed by atoms with Gasteiger partial charge >= 0.3 is 0 Å². The number of aromatic nitrogens is 1. The molecule has 4 heteroatoms. The Morgan fingerprint density at radius 3 is 2.87 bits per heavy atom. The van der Waals surface area contributed by atoms with Crippen LogP contribution in [-0.4, -0.2) is 34.5 Å². The van der Waals surface area contributed by atoms with Gasteiger partial charge in [-0.3, -0.25) is 9.78 Å². The summed E-state index contributed by atoms with van der Waals surface area (Å²) in [7, 11) is 1.75. The fraction of sp³-hybridized carbons (Fsp3) is 0.455. The summed E-state index contributed by atoms with van der Waals surface area (Å²) in [5.74, 6) is -0.0865. The molecule has 1 N–H and O–H groups in total. The van der Waals surface area contributed by atoms with Crippen molar-refractivity contribution in [2.24, 2.45) is 0 Å². The third-order valence-corrected chi connectivity index (χ3v) is 2.16. The Morgan fingerprint density at radius 1 is 1.53 bits per heavy atom. The van der Waals surface area contributed by atoms with Crippen LogP contribution in [0.2, 0.25) is 0 Å². The van der Waals surface area contributed by atoms with Crippen LogP contribution in [0.15, 0.2) is 18.5 Å². The van der Waals surface area contributed by atoms with Gasteiger partial charge in [-0.15, -0.1) is 0 Å². The normalized spacial score (nSPS) is 10.0. The first-order valence-electron chi connectivity index (χ1n) is 5.04. The number of hydrogen-bond donors (Lipinski definition) is 1. The highest BCUT2D eigenvalue weighted by Gasteiger charge is 2.11. The van der Waals surface area contributed by atoms with E-state index in [1.54, 1.807) is 11.9 Å². The summed E-state index contributed by atoms with van der Waals surface area (Å²) in [4.78, 5) is 17.2. The molecule has 0 aliphatic rings. The minimum Gasteiger partial charge on any atom is -0.506 e. The molecule has 0 fully saturated rings. The van der Waals surface area contributed by atoms with Crippen molar-refractivity contribution < 1.29 is 9.90 Å². The van der Waals surface area contributed by atoms with Gasteiger partial charge in [0.2, 0.25) is 0 Å². The number of carbonyl (C=O) groups excluding carboxylic acids is 1. The van der Waals surface area contributed by atoms with Crippen LogP contribution < -0.4 is 0 Å². The van der Waals surface area contributed by atoms with Crippen molar-refractivity contribution in [2.75, 3.05) is 13.6 Å². The van der Waals surface area contributed by atoms with E-state index in [-0.39, 0.29) is 11.7 Å². The van der Waals surface area contributed by atoms with Gasteiger partial charge in [-0.25, -0.2) is 0 Å². The summed E-state index contributed by atoms with van der Waals surface area (Å²) < 4.78 is 0. The van der Waals surface area contributed by atoms with E-state index in [2.05, 4.69) is 11.9 Å². The lowest BCUT2D eigenvalue weighted by Crippen LogP contribution is -2.27. The monoisotopic (exact) mass is 208 g/mol. The molecule has 0 radical (unpaired) electrons. The molecule has 0 unspecified atom stereocenters. The Balaban J connectivity index is 2.67. The smallest absolute Gasteiger partial charge is 0.255 e. The van der Waals surface area contributed by atoms with Gasteiger partial charge in [-0.1, -0.05) is 13.3 Å². The topological polar surface area (TPSA) is 53.4 Å². The largest absolute Gasteiger partial charge is 0.506 e. The molecule has 0 saturated carbocycles. The highest BCUT2D eigenvalue weighted by Crippen LogP contribution is 2.10. The second-order valence-corrected chi connectivity index (χ2v) is 3.51. The third kappa shape index (κ3) is 3.23. The molecule has 0 atom stereocenters. The van der Waals surface area contributed by atoms with Crippen molar-refractivity contribution in [3.8, 4) is 5.75 Å². The molecule has 0 aromatic carbocycles. The molecule has 0 aliphatic carbocycles. The summed E-state index contributed by atoms with van der Waals surface area (Å²) in [6.07, 6.45) is 4.80. The van der Waals surface area contributed by atoms with Crippen molar-refractivity contribution >= 4 is 5.91 Å². The van der Waals surface area contributed by atoms with Crippen LogP contribution in [-0.2, 0) is 0 Å². The minimum absolute atomic E-state index is 0.0183. The third-order valence-electron chi connectivity index (χ3n) is 2.16. The SMILES string of the molecule is CCCCN(C)C(=O)c1cncc(O)c1. The summed E-state index contributed by atoms with van der Waals surface area (Å²) in [5, 5.41) is 9.19. The number of carbonyl (C=O) groups is 1. The Kier molecular flexibility index (Phi) is 4.09. The maximum Gasteiger partial charge on any atom is 0.255 e. The molecule has 1 heterocycles. The Hall–Kier alpha value is -1.58. The van der Waals surface area contributed by atoms with E-state index in [0.717, 1.165) is 19.4 Å². The molecule has 1 aromatic rings. The molecule has 1 amide bonds. The van der Waals surface area contributed by atoms with E-state index in [1.165, 1.54) is 18.5 Å². The van der Waals surface area contributed by atoms with Gasteiger partial charge in [-0.2, -0.15) is 0 Å². The van der Waals surface area contributed by atoms with Gasteiger partial charge in [0.25, 0.3) is 5.91 Å². The van der Waals surface area contributed by atoms with E-state index in [1.807, 2.05) is 0 Å². The summed E-state index contributed by atoms with van der Waals surface area (Å²) in [6.45, 7) is 2.80. The predicted octanol–water partition coefficient (Wildman–Crippen LogP) is 1.66. The molecule has 15 heavy (non-hydrogen) atoms. The first kappa shape index (κ1) is 11.5. The maximum atomic E-state index is 11.8. The van der Waals surface area contributed by atoms with E-state index in [0.29, 0.717) is 5.56 Å². The molecule has 0 aliphatic heterocycles. The second kappa shape index (κ2) is 5.34. The van der Waals surface area contributed by atoms with Gasteiger partial charge < -0.3 is 10.0 Å². The second-order valence-electron chi connectivity index (χ2n) is 3.51. The Bertz CT molecular complexity index is 339. The zero-order valence-electron chi connectivity index (χ0n) is 9.10. The molecular formula is C11H16N2O2. The number of rotatable bonds is 4. The number of amides is 1. The molecule has 0 spiro atoms. The fourth-order valence-corrected chi connectivity index (χ4v) is 1.26. The first-order valence-corrected chi connectivity index (χ1v) is 5.04. The molecule has 1 aromatic heterocycles. The van der Waals surface area contributed by atoms with Gasteiger partial charge in [0, 0.05) is 19.8 Å². The van der Waals surface area contributed by atoms with Crippen LogP contribution in [0.3, 0.4) is 0 Å². The van der Waals surface area contributed by atoms with Gasteiger partial charge in [0.15, 0.2) is 0 Å². The van der Waals surface area contributed by atoms with Crippen molar-refractivity contribution in [3.05, 3.63) is 24.0 Å². The average molecular weight is 208 g/mol. The van der Waals surface area contributed by atoms with Crippen molar-refractivity contribution in [3.63, 3.8) is 0 Å². The van der Waals surface area contributed by atoms with E-state index >= 15 is 0 Å².